The summed E-state index contributed by atoms with van der Waals surface area (Å²) in [4.78, 5) is 20.8. The molecule has 7 heteroatoms. The third kappa shape index (κ3) is 3.24. The van der Waals surface area contributed by atoms with Crippen molar-refractivity contribution in [1.82, 2.24) is 19.7 Å². The number of anilines is 1. The highest BCUT2D eigenvalue weighted by molar-refractivity contribution is 6.07. The molecule has 116 valence electrons. The Bertz CT molecular complexity index is 828. The minimum Gasteiger partial charge on any atom is -0.326 e. The molecule has 0 fully saturated rings. The van der Waals surface area contributed by atoms with Crippen LogP contribution in [0.25, 0.3) is 11.4 Å². The number of aryl methyl sites for hydroxylation is 1. The van der Waals surface area contributed by atoms with E-state index >= 15 is 0 Å². The van der Waals surface area contributed by atoms with Gasteiger partial charge in [-0.05, 0) is 17.7 Å². The van der Waals surface area contributed by atoms with Gasteiger partial charge in [-0.1, -0.05) is 12.1 Å². The molecule has 0 spiro atoms. The van der Waals surface area contributed by atoms with E-state index in [0.717, 1.165) is 5.56 Å². The van der Waals surface area contributed by atoms with Gasteiger partial charge in [0.15, 0.2) is 0 Å². The molecular formula is C16H16N6O. The van der Waals surface area contributed by atoms with Crippen LogP contribution in [0, 0.1) is 0 Å². The van der Waals surface area contributed by atoms with Gasteiger partial charge in [0.1, 0.15) is 11.4 Å². The van der Waals surface area contributed by atoms with Gasteiger partial charge in [0, 0.05) is 37.9 Å². The van der Waals surface area contributed by atoms with Crippen LogP contribution in [0.4, 0.5) is 5.69 Å². The Balaban J connectivity index is 1.91. The summed E-state index contributed by atoms with van der Waals surface area (Å²) in [6, 6.07) is 7.42. The van der Waals surface area contributed by atoms with Crippen LogP contribution in [0.2, 0.25) is 0 Å². The predicted molar refractivity (Wildman–Crippen MR) is 86.5 cm³/mol. The number of hydrogen-bond donors (Lipinski definition) is 2. The topological polar surface area (TPSA) is 98.7 Å². The number of nitrogens with two attached hydrogens (primary N) is 1. The molecule has 1 amide bonds. The fraction of sp³-hybridized carbons (Fsp3) is 0.125. The van der Waals surface area contributed by atoms with Crippen LogP contribution in [0.3, 0.4) is 0 Å². The Kier molecular flexibility index (Phi) is 4.11. The average Bonchev–Trinajstić information content (AvgIpc) is 2.98. The Labute approximate surface area is 133 Å². The quantitative estimate of drug-likeness (QED) is 0.762. The van der Waals surface area contributed by atoms with Gasteiger partial charge in [0.2, 0.25) is 0 Å². The summed E-state index contributed by atoms with van der Waals surface area (Å²) in [5.74, 6) is -0.257. The second-order valence-electron chi connectivity index (χ2n) is 5.01. The molecule has 3 N–H and O–H groups in total. The van der Waals surface area contributed by atoms with Crippen molar-refractivity contribution in [3.05, 3.63) is 60.2 Å². The van der Waals surface area contributed by atoms with E-state index in [4.69, 9.17) is 5.73 Å². The van der Waals surface area contributed by atoms with Crippen molar-refractivity contribution >= 4 is 11.6 Å². The standard InChI is InChI=1S/C16H16N6O/c1-22-10-13(15(21-22)14-9-18-5-6-19-14)16(23)20-12-4-2-3-11(7-12)8-17/h2-7,9-10H,8,17H2,1H3,(H,20,23). The van der Waals surface area contributed by atoms with Crippen LogP contribution in [-0.2, 0) is 13.6 Å². The number of carbonyl (C=O) groups is 1. The van der Waals surface area contributed by atoms with Gasteiger partial charge in [-0.25, -0.2) is 0 Å². The molecule has 0 radical (unpaired) electrons. The number of nitrogens with one attached hydrogen (secondary N) is 1. The summed E-state index contributed by atoms with van der Waals surface area (Å²) >= 11 is 0. The molecule has 7 nitrogen and oxygen atoms in total. The van der Waals surface area contributed by atoms with Crippen molar-refractivity contribution in [2.24, 2.45) is 12.8 Å². The molecular weight excluding hydrogens is 292 g/mol. The summed E-state index contributed by atoms with van der Waals surface area (Å²) in [6.07, 6.45) is 6.38. The Morgan fingerprint density at radius 2 is 2.22 bits per heavy atom. The minimum absolute atomic E-state index is 0.257. The Morgan fingerprint density at radius 3 is 2.96 bits per heavy atom. The third-order valence-electron chi connectivity index (χ3n) is 3.30. The van der Waals surface area contributed by atoms with E-state index in [0.29, 0.717) is 29.2 Å². The van der Waals surface area contributed by atoms with Crippen LogP contribution in [0.15, 0.2) is 49.1 Å². The van der Waals surface area contributed by atoms with E-state index in [2.05, 4.69) is 20.4 Å². The van der Waals surface area contributed by atoms with E-state index < -0.39 is 0 Å². The fourth-order valence-corrected chi connectivity index (χ4v) is 2.24. The number of nitrogens with zero attached hydrogens (tertiary/aromatic N) is 4. The van der Waals surface area contributed by atoms with Crippen molar-refractivity contribution in [2.75, 3.05) is 5.32 Å². The molecule has 2 aromatic heterocycles. The lowest BCUT2D eigenvalue weighted by Gasteiger charge is -2.06. The predicted octanol–water partition coefficient (Wildman–Crippen LogP) is 1.59. The van der Waals surface area contributed by atoms with Crippen LogP contribution < -0.4 is 11.1 Å². The summed E-state index contributed by atoms with van der Waals surface area (Å²) in [7, 11) is 1.76. The summed E-state index contributed by atoms with van der Waals surface area (Å²) in [6.45, 7) is 0.418. The Hall–Kier alpha value is -3.06. The molecule has 0 aliphatic carbocycles. The maximum atomic E-state index is 12.6. The first-order chi connectivity index (χ1) is 11.2. The third-order valence-corrected chi connectivity index (χ3v) is 3.30. The van der Waals surface area contributed by atoms with Crippen LogP contribution in [-0.4, -0.2) is 25.7 Å². The van der Waals surface area contributed by atoms with E-state index in [-0.39, 0.29) is 5.91 Å². The van der Waals surface area contributed by atoms with Crippen LogP contribution >= 0.6 is 0 Å². The molecule has 3 aromatic rings. The second kappa shape index (κ2) is 6.37. The van der Waals surface area contributed by atoms with Gasteiger partial charge >= 0.3 is 0 Å². The first kappa shape index (κ1) is 14.9. The maximum Gasteiger partial charge on any atom is 0.259 e. The number of aromatic nitrogens is 4. The molecule has 0 atom stereocenters. The highest BCUT2D eigenvalue weighted by atomic mass is 16.1. The van der Waals surface area contributed by atoms with E-state index in [1.807, 2.05) is 24.3 Å². The van der Waals surface area contributed by atoms with E-state index in [1.54, 1.807) is 36.5 Å². The van der Waals surface area contributed by atoms with Crippen molar-refractivity contribution in [1.29, 1.82) is 0 Å². The molecule has 1 aromatic carbocycles. The zero-order chi connectivity index (χ0) is 16.2. The van der Waals surface area contributed by atoms with Gasteiger partial charge < -0.3 is 11.1 Å². The van der Waals surface area contributed by atoms with Crippen molar-refractivity contribution in [3.63, 3.8) is 0 Å². The number of hydrogen-bond acceptors (Lipinski definition) is 5. The van der Waals surface area contributed by atoms with Gasteiger partial charge in [0.05, 0.1) is 11.8 Å². The van der Waals surface area contributed by atoms with E-state index in [1.165, 1.54) is 0 Å². The van der Waals surface area contributed by atoms with Crippen LogP contribution in [0.1, 0.15) is 15.9 Å². The molecule has 3 rings (SSSR count). The van der Waals surface area contributed by atoms with Crippen molar-refractivity contribution < 1.29 is 4.79 Å². The molecule has 0 saturated carbocycles. The molecule has 0 aliphatic heterocycles. The lowest BCUT2D eigenvalue weighted by Crippen LogP contribution is -2.13. The zero-order valence-corrected chi connectivity index (χ0v) is 12.6. The van der Waals surface area contributed by atoms with Gasteiger partial charge in [-0.2, -0.15) is 5.10 Å². The summed E-state index contributed by atoms with van der Waals surface area (Å²) in [5.41, 5.74) is 8.74. The van der Waals surface area contributed by atoms with Gasteiger partial charge in [-0.3, -0.25) is 19.4 Å². The fourth-order valence-electron chi connectivity index (χ4n) is 2.24. The minimum atomic E-state index is -0.257. The average molecular weight is 308 g/mol. The maximum absolute atomic E-state index is 12.6. The van der Waals surface area contributed by atoms with Crippen molar-refractivity contribution in [2.45, 2.75) is 6.54 Å². The molecule has 2 heterocycles. The highest BCUT2D eigenvalue weighted by Crippen LogP contribution is 2.20. The number of benzene rings is 1. The number of rotatable bonds is 4. The van der Waals surface area contributed by atoms with Crippen LogP contribution in [0.5, 0.6) is 0 Å². The largest absolute Gasteiger partial charge is 0.326 e. The highest BCUT2D eigenvalue weighted by Gasteiger charge is 2.18. The molecule has 0 unspecified atom stereocenters. The normalized spacial score (nSPS) is 10.5. The lowest BCUT2D eigenvalue weighted by atomic mass is 10.1. The van der Waals surface area contributed by atoms with Crippen molar-refractivity contribution in [3.8, 4) is 11.4 Å². The second-order valence-corrected chi connectivity index (χ2v) is 5.01. The summed E-state index contributed by atoms with van der Waals surface area (Å²) < 4.78 is 1.58. The van der Waals surface area contributed by atoms with Gasteiger partial charge in [0.25, 0.3) is 5.91 Å². The molecule has 0 aliphatic rings. The molecule has 0 bridgehead atoms. The lowest BCUT2D eigenvalue weighted by molar-refractivity contribution is 0.102. The number of carbonyl (C=O) groups excluding carboxylic acids is 1. The van der Waals surface area contributed by atoms with Gasteiger partial charge in [-0.15, -0.1) is 0 Å². The SMILES string of the molecule is Cn1cc(C(=O)Nc2cccc(CN)c2)c(-c2cnccn2)n1. The van der Waals surface area contributed by atoms with E-state index in [9.17, 15) is 4.79 Å². The monoisotopic (exact) mass is 308 g/mol. The molecule has 23 heavy (non-hydrogen) atoms. The Morgan fingerprint density at radius 1 is 1.35 bits per heavy atom. The first-order valence-corrected chi connectivity index (χ1v) is 7.08. The molecule has 0 saturated heterocycles. The first-order valence-electron chi connectivity index (χ1n) is 7.08. The smallest absolute Gasteiger partial charge is 0.259 e. The summed E-state index contributed by atoms with van der Waals surface area (Å²) in [5, 5.41) is 7.17. The zero-order valence-electron chi connectivity index (χ0n) is 12.6. The number of amides is 1.